The first-order valence-electron chi connectivity index (χ1n) is 7.36. The normalized spacial score (nSPS) is 20.5. The van der Waals surface area contributed by atoms with Gasteiger partial charge in [-0.05, 0) is 39.2 Å². The van der Waals surface area contributed by atoms with Gasteiger partial charge in [0.15, 0.2) is 0 Å². The van der Waals surface area contributed by atoms with E-state index in [-0.39, 0.29) is 5.60 Å². The van der Waals surface area contributed by atoms with E-state index in [0.717, 1.165) is 18.9 Å². The van der Waals surface area contributed by atoms with Gasteiger partial charge in [-0.25, -0.2) is 0 Å². The van der Waals surface area contributed by atoms with Crippen molar-refractivity contribution >= 4 is 0 Å². The number of rotatable bonds is 7. The summed E-state index contributed by atoms with van der Waals surface area (Å²) in [7, 11) is 1.82. The van der Waals surface area contributed by atoms with Gasteiger partial charge in [0, 0.05) is 13.2 Å². The van der Waals surface area contributed by atoms with Gasteiger partial charge in [-0.1, -0.05) is 39.0 Å². The molecule has 1 atom stereocenters. The number of hydrogen-bond donors (Lipinski definition) is 1. The van der Waals surface area contributed by atoms with Gasteiger partial charge in [-0.3, -0.25) is 0 Å². The zero-order valence-electron chi connectivity index (χ0n) is 12.2. The molecule has 0 spiro atoms. The van der Waals surface area contributed by atoms with Crippen LogP contribution in [0.15, 0.2) is 0 Å². The summed E-state index contributed by atoms with van der Waals surface area (Å²) in [5.41, 5.74) is 0.00149. The van der Waals surface area contributed by atoms with Gasteiger partial charge >= 0.3 is 0 Å². The summed E-state index contributed by atoms with van der Waals surface area (Å²) in [4.78, 5) is 0. The Morgan fingerprint density at radius 3 is 2.41 bits per heavy atom. The van der Waals surface area contributed by atoms with Gasteiger partial charge in [-0.15, -0.1) is 0 Å². The largest absolute Gasteiger partial charge is 0.379 e. The standard InChI is InChI=1S/C15H31NO/c1-5-16-14(12-15(2,3)17-4)11-13-9-7-6-8-10-13/h13-14,16H,5-12H2,1-4H3. The number of ether oxygens (including phenoxy) is 1. The molecule has 1 aliphatic carbocycles. The lowest BCUT2D eigenvalue weighted by Crippen LogP contribution is -2.39. The molecule has 102 valence electrons. The lowest BCUT2D eigenvalue weighted by Gasteiger charge is -2.32. The lowest BCUT2D eigenvalue weighted by molar-refractivity contribution is 0.00466. The van der Waals surface area contributed by atoms with Crippen molar-refractivity contribution in [1.29, 1.82) is 0 Å². The molecule has 1 rings (SSSR count). The van der Waals surface area contributed by atoms with Gasteiger partial charge in [0.05, 0.1) is 5.60 Å². The molecule has 1 N–H and O–H groups in total. The molecule has 2 nitrogen and oxygen atoms in total. The molecular weight excluding hydrogens is 210 g/mol. The fraction of sp³-hybridized carbons (Fsp3) is 1.00. The lowest BCUT2D eigenvalue weighted by atomic mass is 9.82. The van der Waals surface area contributed by atoms with E-state index in [1.165, 1.54) is 38.5 Å². The highest BCUT2D eigenvalue weighted by atomic mass is 16.5. The summed E-state index contributed by atoms with van der Waals surface area (Å²) < 4.78 is 5.56. The first kappa shape index (κ1) is 15.0. The van der Waals surface area contributed by atoms with Crippen LogP contribution < -0.4 is 5.32 Å². The van der Waals surface area contributed by atoms with Crippen LogP contribution in [-0.4, -0.2) is 25.3 Å². The number of methoxy groups -OCH3 is 1. The van der Waals surface area contributed by atoms with Gasteiger partial charge in [0.25, 0.3) is 0 Å². The molecule has 1 fully saturated rings. The van der Waals surface area contributed by atoms with E-state index < -0.39 is 0 Å². The van der Waals surface area contributed by atoms with E-state index in [1.807, 2.05) is 7.11 Å². The van der Waals surface area contributed by atoms with Crippen LogP contribution in [0.5, 0.6) is 0 Å². The smallest absolute Gasteiger partial charge is 0.0637 e. The topological polar surface area (TPSA) is 21.3 Å². The third kappa shape index (κ3) is 5.87. The number of nitrogens with one attached hydrogen (secondary N) is 1. The number of hydrogen-bond acceptors (Lipinski definition) is 2. The van der Waals surface area contributed by atoms with Crippen molar-refractivity contribution < 1.29 is 4.74 Å². The zero-order valence-corrected chi connectivity index (χ0v) is 12.2. The Balaban J connectivity index is 2.41. The summed E-state index contributed by atoms with van der Waals surface area (Å²) in [6.45, 7) is 7.65. The first-order chi connectivity index (χ1) is 8.07. The van der Waals surface area contributed by atoms with Crippen LogP contribution in [0, 0.1) is 5.92 Å². The maximum absolute atomic E-state index is 5.56. The summed E-state index contributed by atoms with van der Waals surface area (Å²) >= 11 is 0. The Morgan fingerprint density at radius 1 is 1.24 bits per heavy atom. The zero-order chi connectivity index (χ0) is 12.7. The molecule has 0 aliphatic heterocycles. The fourth-order valence-electron chi connectivity index (χ4n) is 3.03. The van der Waals surface area contributed by atoms with Gasteiger partial charge in [0.1, 0.15) is 0 Å². The molecule has 1 unspecified atom stereocenters. The first-order valence-corrected chi connectivity index (χ1v) is 7.36. The molecule has 2 heteroatoms. The molecule has 1 aliphatic rings. The minimum absolute atomic E-state index is 0.00149. The molecular formula is C15H31NO. The Hall–Kier alpha value is -0.0800. The van der Waals surface area contributed by atoms with E-state index in [4.69, 9.17) is 4.74 Å². The SMILES string of the molecule is CCNC(CC1CCCCC1)CC(C)(C)OC. The molecule has 0 heterocycles. The van der Waals surface area contributed by atoms with E-state index in [1.54, 1.807) is 0 Å². The molecule has 0 saturated heterocycles. The summed E-state index contributed by atoms with van der Waals surface area (Å²) in [6.07, 6.45) is 9.67. The maximum Gasteiger partial charge on any atom is 0.0637 e. The molecule has 0 aromatic rings. The molecule has 0 aromatic carbocycles. The quantitative estimate of drug-likeness (QED) is 0.733. The second kappa shape index (κ2) is 7.38. The predicted octanol–water partition coefficient (Wildman–Crippen LogP) is 3.75. The maximum atomic E-state index is 5.56. The van der Waals surface area contributed by atoms with Crippen LogP contribution in [0.2, 0.25) is 0 Å². The van der Waals surface area contributed by atoms with Crippen LogP contribution in [-0.2, 0) is 4.74 Å². The Kier molecular flexibility index (Phi) is 6.50. The molecule has 0 radical (unpaired) electrons. The minimum atomic E-state index is 0.00149. The van der Waals surface area contributed by atoms with Crippen LogP contribution in [0.1, 0.15) is 65.7 Å². The Labute approximate surface area is 108 Å². The summed E-state index contributed by atoms with van der Waals surface area (Å²) in [6, 6.07) is 0.623. The fourth-order valence-corrected chi connectivity index (χ4v) is 3.03. The van der Waals surface area contributed by atoms with Crippen molar-refractivity contribution in [3.8, 4) is 0 Å². The molecule has 0 bridgehead atoms. The van der Waals surface area contributed by atoms with Crippen LogP contribution in [0.3, 0.4) is 0 Å². The van der Waals surface area contributed by atoms with Crippen molar-refractivity contribution in [2.45, 2.75) is 77.4 Å². The summed E-state index contributed by atoms with van der Waals surface area (Å²) in [5, 5.41) is 3.64. The average molecular weight is 241 g/mol. The van der Waals surface area contributed by atoms with Gasteiger partial charge < -0.3 is 10.1 Å². The third-order valence-electron chi connectivity index (χ3n) is 4.13. The minimum Gasteiger partial charge on any atom is -0.379 e. The van der Waals surface area contributed by atoms with Crippen LogP contribution in [0.4, 0.5) is 0 Å². The highest BCUT2D eigenvalue weighted by Crippen LogP contribution is 2.29. The second-order valence-electron chi connectivity index (χ2n) is 6.16. The molecule has 17 heavy (non-hydrogen) atoms. The van der Waals surface area contributed by atoms with Crippen molar-refractivity contribution in [3.63, 3.8) is 0 Å². The molecule has 0 aromatic heterocycles. The third-order valence-corrected chi connectivity index (χ3v) is 4.13. The highest BCUT2D eigenvalue weighted by molar-refractivity contribution is 4.81. The molecule has 1 saturated carbocycles. The van der Waals surface area contributed by atoms with E-state index in [0.29, 0.717) is 6.04 Å². The highest BCUT2D eigenvalue weighted by Gasteiger charge is 2.25. The van der Waals surface area contributed by atoms with E-state index in [9.17, 15) is 0 Å². The molecule has 0 amide bonds. The predicted molar refractivity (Wildman–Crippen MR) is 74.4 cm³/mol. The van der Waals surface area contributed by atoms with Crippen LogP contribution >= 0.6 is 0 Å². The Morgan fingerprint density at radius 2 is 1.88 bits per heavy atom. The van der Waals surface area contributed by atoms with Gasteiger partial charge in [-0.2, -0.15) is 0 Å². The van der Waals surface area contributed by atoms with Crippen molar-refractivity contribution in [2.24, 2.45) is 5.92 Å². The summed E-state index contributed by atoms with van der Waals surface area (Å²) in [5.74, 6) is 0.945. The van der Waals surface area contributed by atoms with Crippen molar-refractivity contribution in [2.75, 3.05) is 13.7 Å². The van der Waals surface area contributed by atoms with Crippen molar-refractivity contribution in [3.05, 3.63) is 0 Å². The average Bonchev–Trinajstić information content (AvgIpc) is 2.30. The van der Waals surface area contributed by atoms with Crippen molar-refractivity contribution in [1.82, 2.24) is 5.32 Å². The van der Waals surface area contributed by atoms with Crippen LogP contribution in [0.25, 0.3) is 0 Å². The second-order valence-corrected chi connectivity index (χ2v) is 6.16. The van der Waals surface area contributed by atoms with E-state index >= 15 is 0 Å². The van der Waals surface area contributed by atoms with Gasteiger partial charge in [0.2, 0.25) is 0 Å². The monoisotopic (exact) mass is 241 g/mol. The van der Waals surface area contributed by atoms with E-state index in [2.05, 4.69) is 26.1 Å². The Bertz CT molecular complexity index is 197.